The van der Waals surface area contributed by atoms with E-state index in [2.05, 4.69) is 15.9 Å². The van der Waals surface area contributed by atoms with E-state index in [9.17, 15) is 9.59 Å². The van der Waals surface area contributed by atoms with E-state index in [-0.39, 0.29) is 17.9 Å². The van der Waals surface area contributed by atoms with Gasteiger partial charge in [0.05, 0.1) is 8.66 Å². The molecule has 1 unspecified atom stereocenters. The van der Waals surface area contributed by atoms with Crippen molar-refractivity contribution in [3.05, 3.63) is 20.3 Å². The maximum atomic E-state index is 12.4. The molecule has 0 aliphatic carbocycles. The first-order valence-electron chi connectivity index (χ1n) is 6.41. The molecule has 2 aliphatic heterocycles. The fourth-order valence-electron chi connectivity index (χ4n) is 2.77. The molecule has 6 heteroatoms. The van der Waals surface area contributed by atoms with Crippen LogP contribution >= 0.6 is 27.3 Å². The Balaban J connectivity index is 1.73. The van der Waals surface area contributed by atoms with Crippen molar-refractivity contribution in [1.82, 2.24) is 9.80 Å². The van der Waals surface area contributed by atoms with Crippen LogP contribution in [0.25, 0.3) is 0 Å². The molecule has 2 fully saturated rings. The maximum Gasteiger partial charge on any atom is 0.264 e. The van der Waals surface area contributed by atoms with Crippen LogP contribution in [0, 0.1) is 6.92 Å². The summed E-state index contributed by atoms with van der Waals surface area (Å²) in [5.74, 6) is 0.338. The molecular weight excluding hydrogens is 328 g/mol. The van der Waals surface area contributed by atoms with Crippen molar-refractivity contribution >= 4 is 39.1 Å². The van der Waals surface area contributed by atoms with Crippen LogP contribution in [-0.2, 0) is 4.79 Å². The van der Waals surface area contributed by atoms with Crippen LogP contribution in [0.5, 0.6) is 0 Å². The summed E-state index contributed by atoms with van der Waals surface area (Å²) in [5, 5.41) is 0. The van der Waals surface area contributed by atoms with E-state index in [1.807, 2.05) is 22.8 Å². The van der Waals surface area contributed by atoms with Gasteiger partial charge in [-0.1, -0.05) is 0 Å². The summed E-state index contributed by atoms with van der Waals surface area (Å²) < 4.78 is 1.02. The average molecular weight is 343 g/mol. The van der Waals surface area contributed by atoms with Gasteiger partial charge in [-0.15, -0.1) is 11.3 Å². The van der Waals surface area contributed by atoms with Gasteiger partial charge in [0.25, 0.3) is 5.91 Å². The van der Waals surface area contributed by atoms with Gasteiger partial charge in [0.2, 0.25) is 5.91 Å². The van der Waals surface area contributed by atoms with E-state index < -0.39 is 0 Å². The van der Waals surface area contributed by atoms with Gasteiger partial charge in [0.15, 0.2) is 0 Å². The smallest absolute Gasteiger partial charge is 0.264 e. The number of piperazine rings is 1. The molecule has 2 amide bonds. The van der Waals surface area contributed by atoms with Crippen molar-refractivity contribution in [2.75, 3.05) is 19.6 Å². The van der Waals surface area contributed by atoms with E-state index in [0.29, 0.717) is 26.1 Å². The number of hydrogen-bond donors (Lipinski definition) is 0. The summed E-state index contributed by atoms with van der Waals surface area (Å²) in [6.45, 7) is 4.00. The van der Waals surface area contributed by atoms with Gasteiger partial charge in [-0.05, 0) is 40.9 Å². The van der Waals surface area contributed by atoms with Crippen LogP contribution in [0.4, 0.5) is 0 Å². The largest absolute Gasteiger partial charge is 0.336 e. The Morgan fingerprint density at radius 1 is 1.47 bits per heavy atom. The number of aryl methyl sites for hydroxylation is 1. The lowest BCUT2D eigenvalue weighted by Gasteiger charge is -2.37. The van der Waals surface area contributed by atoms with Crippen LogP contribution in [0.2, 0.25) is 0 Å². The third-order valence-electron chi connectivity index (χ3n) is 3.85. The van der Waals surface area contributed by atoms with Crippen molar-refractivity contribution in [3.8, 4) is 0 Å². The molecular formula is C13H15BrN2O2S. The molecule has 0 bridgehead atoms. The number of rotatable bonds is 1. The van der Waals surface area contributed by atoms with Crippen molar-refractivity contribution < 1.29 is 9.59 Å². The molecule has 0 spiro atoms. The predicted molar refractivity (Wildman–Crippen MR) is 77.4 cm³/mol. The fourth-order valence-corrected chi connectivity index (χ4v) is 4.27. The summed E-state index contributed by atoms with van der Waals surface area (Å²) in [5.41, 5.74) is 1.10. The topological polar surface area (TPSA) is 40.6 Å². The third kappa shape index (κ3) is 2.31. The lowest BCUT2D eigenvalue weighted by atomic mass is 10.1. The Kier molecular flexibility index (Phi) is 3.39. The van der Waals surface area contributed by atoms with Crippen LogP contribution < -0.4 is 0 Å². The number of fused-ring (bicyclic) bond motifs is 1. The Hall–Kier alpha value is -0.880. The fraction of sp³-hybridized carbons (Fsp3) is 0.538. The van der Waals surface area contributed by atoms with Crippen LogP contribution in [0.3, 0.4) is 0 Å². The minimum Gasteiger partial charge on any atom is -0.336 e. The van der Waals surface area contributed by atoms with Crippen LogP contribution in [0.15, 0.2) is 9.85 Å². The highest BCUT2D eigenvalue weighted by atomic mass is 79.9. The van der Waals surface area contributed by atoms with Crippen LogP contribution in [-0.4, -0.2) is 47.3 Å². The molecule has 0 N–H and O–H groups in total. The van der Waals surface area contributed by atoms with Crippen LogP contribution in [0.1, 0.15) is 28.1 Å². The highest BCUT2D eigenvalue weighted by molar-refractivity contribution is 9.11. The van der Waals surface area contributed by atoms with Gasteiger partial charge in [-0.25, -0.2) is 0 Å². The van der Waals surface area contributed by atoms with Crippen molar-refractivity contribution in [2.45, 2.75) is 25.8 Å². The molecule has 0 aromatic carbocycles. The molecule has 2 aliphatic rings. The molecule has 1 aromatic heterocycles. The number of halogens is 1. The first-order chi connectivity index (χ1) is 9.06. The normalized spacial score (nSPS) is 22.8. The summed E-state index contributed by atoms with van der Waals surface area (Å²) in [7, 11) is 0. The summed E-state index contributed by atoms with van der Waals surface area (Å²) in [4.78, 5) is 28.7. The number of carbonyl (C=O) groups excluding carboxylic acids is 2. The van der Waals surface area contributed by atoms with Crippen molar-refractivity contribution in [1.29, 1.82) is 0 Å². The lowest BCUT2D eigenvalue weighted by molar-refractivity contribution is -0.130. The summed E-state index contributed by atoms with van der Waals surface area (Å²) in [6, 6.07) is 2.16. The number of thiophene rings is 1. The Bertz CT molecular complexity index is 523. The van der Waals surface area contributed by atoms with Gasteiger partial charge in [0, 0.05) is 32.1 Å². The zero-order chi connectivity index (χ0) is 13.6. The molecule has 3 heterocycles. The van der Waals surface area contributed by atoms with E-state index in [0.717, 1.165) is 20.6 Å². The second-order valence-corrected chi connectivity index (χ2v) is 7.47. The number of amides is 2. The quantitative estimate of drug-likeness (QED) is 0.785. The minimum atomic E-state index is 0.0952. The molecule has 0 saturated carbocycles. The van der Waals surface area contributed by atoms with Crippen molar-refractivity contribution in [3.63, 3.8) is 0 Å². The number of hydrogen-bond acceptors (Lipinski definition) is 3. The van der Waals surface area contributed by atoms with E-state index in [1.54, 1.807) is 0 Å². The van der Waals surface area contributed by atoms with Gasteiger partial charge in [-0.2, -0.15) is 0 Å². The molecule has 3 rings (SSSR count). The van der Waals surface area contributed by atoms with Gasteiger partial charge >= 0.3 is 0 Å². The molecule has 1 aromatic rings. The molecule has 4 nitrogen and oxygen atoms in total. The van der Waals surface area contributed by atoms with E-state index in [1.165, 1.54) is 11.3 Å². The van der Waals surface area contributed by atoms with Gasteiger partial charge in [0.1, 0.15) is 0 Å². The highest BCUT2D eigenvalue weighted by Crippen LogP contribution is 2.30. The lowest BCUT2D eigenvalue weighted by Crippen LogP contribution is -2.53. The summed E-state index contributed by atoms with van der Waals surface area (Å²) in [6.07, 6.45) is 1.52. The summed E-state index contributed by atoms with van der Waals surface area (Å²) >= 11 is 4.94. The van der Waals surface area contributed by atoms with Gasteiger partial charge < -0.3 is 9.80 Å². The molecule has 0 radical (unpaired) electrons. The Morgan fingerprint density at radius 3 is 2.95 bits per heavy atom. The molecule has 19 heavy (non-hydrogen) atoms. The first kappa shape index (κ1) is 13.1. The predicted octanol–water partition coefficient (Wildman–Crippen LogP) is 2.27. The van der Waals surface area contributed by atoms with Gasteiger partial charge in [-0.3, -0.25) is 9.59 Å². The number of nitrogens with zero attached hydrogens (tertiary/aromatic N) is 2. The minimum absolute atomic E-state index is 0.0952. The zero-order valence-corrected chi connectivity index (χ0v) is 13.1. The second kappa shape index (κ2) is 4.90. The molecule has 1 atom stereocenters. The van der Waals surface area contributed by atoms with E-state index in [4.69, 9.17) is 0 Å². The zero-order valence-electron chi connectivity index (χ0n) is 10.7. The molecule has 102 valence electrons. The van der Waals surface area contributed by atoms with Crippen molar-refractivity contribution in [2.24, 2.45) is 0 Å². The monoisotopic (exact) mass is 342 g/mol. The maximum absolute atomic E-state index is 12.4. The Labute approximate surface area is 124 Å². The Morgan fingerprint density at radius 2 is 2.26 bits per heavy atom. The second-order valence-electron chi connectivity index (χ2n) is 5.10. The first-order valence-corrected chi connectivity index (χ1v) is 8.02. The average Bonchev–Trinajstić information content (AvgIpc) is 2.93. The molecule has 2 saturated heterocycles. The third-order valence-corrected chi connectivity index (χ3v) is 5.97. The van der Waals surface area contributed by atoms with E-state index >= 15 is 0 Å². The SMILES string of the molecule is Cc1cc(C(=O)N2CCN3C(=O)CCC3C2)sc1Br. The standard InChI is InChI=1S/C13H15BrN2O2S/c1-8-6-10(19-12(8)14)13(18)15-4-5-16-9(7-15)2-3-11(16)17/h6,9H,2-5,7H2,1H3. The highest BCUT2D eigenvalue weighted by Gasteiger charge is 2.37. The number of carbonyl (C=O) groups is 2.